The molecule has 0 aliphatic rings. The van der Waals surface area contributed by atoms with Crippen LogP contribution in [0.3, 0.4) is 0 Å². The number of benzene rings is 1. The summed E-state index contributed by atoms with van der Waals surface area (Å²) in [6, 6.07) is 1.18. The molecular weight excluding hydrogens is 212 g/mol. The molecule has 1 rings (SSSR count). The van der Waals surface area contributed by atoms with E-state index in [2.05, 4.69) is 0 Å². The van der Waals surface area contributed by atoms with Crippen LogP contribution in [0.15, 0.2) is 12.1 Å². The lowest BCUT2D eigenvalue weighted by Gasteiger charge is -2.03. The van der Waals surface area contributed by atoms with Gasteiger partial charge in [0.2, 0.25) is 0 Å². The molecule has 12 heavy (non-hydrogen) atoms. The van der Waals surface area contributed by atoms with E-state index in [1.54, 1.807) is 0 Å². The normalized spacial score (nSPS) is 10.8. The summed E-state index contributed by atoms with van der Waals surface area (Å²) in [4.78, 5) is -1.27. The fourth-order valence-electron chi connectivity index (χ4n) is 0.735. The summed E-state index contributed by atoms with van der Waals surface area (Å²) in [6.07, 6.45) is 0. The lowest BCUT2D eigenvalue weighted by molar-refractivity contribution is 0.487. The van der Waals surface area contributed by atoms with Crippen molar-refractivity contribution in [1.82, 2.24) is 0 Å². The molecule has 0 bridgehead atoms. The summed E-state index contributed by atoms with van der Waals surface area (Å²) in [6.45, 7) is 0. The van der Waals surface area contributed by atoms with Gasteiger partial charge < -0.3 is 0 Å². The number of rotatable bonds is 1. The van der Waals surface area contributed by atoms with Gasteiger partial charge in [-0.2, -0.15) is 0 Å². The van der Waals surface area contributed by atoms with Gasteiger partial charge in [-0.1, -0.05) is 23.2 Å². The first-order valence-electron chi connectivity index (χ1n) is 2.95. The van der Waals surface area contributed by atoms with Gasteiger partial charge in [-0.25, -0.2) is 13.2 Å². The summed E-state index contributed by atoms with van der Waals surface area (Å²) < 4.78 is 37.6. The van der Waals surface area contributed by atoms with Crippen LogP contribution in [0, 0.1) is 17.5 Å². The number of alkyl halides is 2. The maximum Gasteiger partial charge on any atom is 0.164 e. The van der Waals surface area contributed by atoms with Crippen molar-refractivity contribution in [2.24, 2.45) is 0 Å². The smallest absolute Gasteiger partial charge is 0.164 e. The standard InChI is InChI=1S/C7H3Cl2F3/c8-7(9)4-1-3(10)2-5(11)6(4)12/h1-2,7H. The molecule has 0 atom stereocenters. The first kappa shape index (κ1) is 9.68. The minimum Gasteiger partial charge on any atom is -0.207 e. The van der Waals surface area contributed by atoms with Crippen LogP contribution >= 0.6 is 23.2 Å². The van der Waals surface area contributed by atoms with Crippen LogP contribution in [0.5, 0.6) is 0 Å². The Kier molecular flexibility index (Phi) is 2.85. The minimum absolute atomic E-state index is 0.393. The highest BCUT2D eigenvalue weighted by Gasteiger charge is 2.15. The number of halogens is 5. The van der Waals surface area contributed by atoms with Crippen molar-refractivity contribution in [2.45, 2.75) is 4.84 Å². The van der Waals surface area contributed by atoms with Crippen LogP contribution in [-0.4, -0.2) is 0 Å². The van der Waals surface area contributed by atoms with Crippen molar-refractivity contribution < 1.29 is 13.2 Å². The Bertz CT molecular complexity index is 299. The van der Waals surface area contributed by atoms with E-state index in [0.29, 0.717) is 6.07 Å². The van der Waals surface area contributed by atoms with E-state index in [0.717, 1.165) is 6.07 Å². The third-order valence-electron chi connectivity index (χ3n) is 1.26. The van der Waals surface area contributed by atoms with Crippen molar-refractivity contribution in [3.63, 3.8) is 0 Å². The molecule has 1 aromatic carbocycles. The van der Waals surface area contributed by atoms with E-state index >= 15 is 0 Å². The molecule has 66 valence electrons. The minimum atomic E-state index is -1.30. The maximum absolute atomic E-state index is 12.7. The predicted octanol–water partition coefficient (Wildman–Crippen LogP) is 3.58. The van der Waals surface area contributed by atoms with Crippen molar-refractivity contribution in [3.05, 3.63) is 35.1 Å². The largest absolute Gasteiger partial charge is 0.207 e. The van der Waals surface area contributed by atoms with Crippen LogP contribution in [0.2, 0.25) is 0 Å². The third kappa shape index (κ3) is 1.84. The van der Waals surface area contributed by atoms with Gasteiger partial charge in [0.15, 0.2) is 11.6 Å². The second kappa shape index (κ2) is 3.54. The number of hydrogen-bond acceptors (Lipinski definition) is 0. The van der Waals surface area contributed by atoms with Crippen LogP contribution in [0.4, 0.5) is 13.2 Å². The van der Waals surface area contributed by atoms with Crippen molar-refractivity contribution in [3.8, 4) is 0 Å². The molecule has 0 heterocycles. The molecule has 0 nitrogen and oxygen atoms in total. The molecule has 0 fully saturated rings. The van der Waals surface area contributed by atoms with E-state index in [4.69, 9.17) is 23.2 Å². The lowest BCUT2D eigenvalue weighted by Crippen LogP contribution is -1.95. The first-order chi connectivity index (χ1) is 5.52. The van der Waals surface area contributed by atoms with Crippen molar-refractivity contribution in [1.29, 1.82) is 0 Å². The Morgan fingerprint density at radius 2 is 1.67 bits per heavy atom. The molecule has 0 unspecified atom stereocenters. The monoisotopic (exact) mass is 214 g/mol. The molecule has 0 aromatic heterocycles. The highest BCUT2D eigenvalue weighted by atomic mass is 35.5. The molecular formula is C7H3Cl2F3. The quantitative estimate of drug-likeness (QED) is 0.496. The van der Waals surface area contributed by atoms with Gasteiger partial charge in [-0.3, -0.25) is 0 Å². The zero-order chi connectivity index (χ0) is 9.30. The zero-order valence-corrected chi connectivity index (χ0v) is 7.13. The van der Waals surface area contributed by atoms with Crippen molar-refractivity contribution >= 4 is 23.2 Å². The van der Waals surface area contributed by atoms with E-state index in [9.17, 15) is 13.2 Å². The first-order valence-corrected chi connectivity index (χ1v) is 3.82. The highest BCUT2D eigenvalue weighted by Crippen LogP contribution is 2.28. The molecule has 1 aromatic rings. The molecule has 0 saturated carbocycles. The molecule has 0 saturated heterocycles. The Balaban J connectivity index is 3.28. The van der Waals surface area contributed by atoms with Crippen LogP contribution in [-0.2, 0) is 0 Å². The van der Waals surface area contributed by atoms with E-state index in [-0.39, 0.29) is 0 Å². The summed E-state index contributed by atoms with van der Waals surface area (Å²) >= 11 is 10.5. The average molecular weight is 215 g/mol. The highest BCUT2D eigenvalue weighted by molar-refractivity contribution is 6.44. The Morgan fingerprint density at radius 1 is 1.08 bits per heavy atom. The van der Waals surface area contributed by atoms with E-state index in [1.807, 2.05) is 0 Å². The molecule has 5 heteroatoms. The van der Waals surface area contributed by atoms with E-state index < -0.39 is 27.9 Å². The Hall–Kier alpha value is -0.410. The molecule has 0 N–H and O–H groups in total. The van der Waals surface area contributed by atoms with Crippen LogP contribution in [0.1, 0.15) is 10.4 Å². The second-order valence-corrected chi connectivity index (χ2v) is 3.19. The molecule has 0 aliphatic heterocycles. The van der Waals surface area contributed by atoms with Gasteiger partial charge in [0.1, 0.15) is 10.7 Å². The Morgan fingerprint density at radius 3 is 2.17 bits per heavy atom. The topological polar surface area (TPSA) is 0 Å². The predicted molar refractivity (Wildman–Crippen MR) is 40.8 cm³/mol. The summed E-state index contributed by atoms with van der Waals surface area (Å²) in [5.41, 5.74) is -0.393. The molecule has 0 aliphatic carbocycles. The SMILES string of the molecule is Fc1cc(F)c(F)c(C(Cl)Cl)c1. The van der Waals surface area contributed by atoms with Gasteiger partial charge in [0.05, 0.1) is 0 Å². The summed E-state index contributed by atoms with van der Waals surface area (Å²) in [7, 11) is 0. The van der Waals surface area contributed by atoms with Gasteiger partial charge in [0, 0.05) is 11.6 Å². The average Bonchev–Trinajstić information content (AvgIpc) is 1.96. The van der Waals surface area contributed by atoms with Crippen molar-refractivity contribution in [2.75, 3.05) is 0 Å². The third-order valence-corrected chi connectivity index (χ3v) is 1.73. The molecule has 0 radical (unpaired) electrons. The van der Waals surface area contributed by atoms with Gasteiger partial charge in [-0.15, -0.1) is 0 Å². The fraction of sp³-hybridized carbons (Fsp3) is 0.143. The second-order valence-electron chi connectivity index (χ2n) is 2.09. The van der Waals surface area contributed by atoms with Crippen LogP contribution < -0.4 is 0 Å². The van der Waals surface area contributed by atoms with E-state index in [1.165, 1.54) is 0 Å². The van der Waals surface area contributed by atoms with Gasteiger partial charge in [-0.05, 0) is 6.07 Å². The van der Waals surface area contributed by atoms with Gasteiger partial charge >= 0.3 is 0 Å². The van der Waals surface area contributed by atoms with Gasteiger partial charge in [0.25, 0.3) is 0 Å². The Labute approximate surface area is 76.9 Å². The molecule has 0 spiro atoms. The summed E-state index contributed by atoms with van der Waals surface area (Å²) in [5.74, 6) is -3.42. The summed E-state index contributed by atoms with van der Waals surface area (Å²) in [5, 5.41) is 0. The number of hydrogen-bond donors (Lipinski definition) is 0. The fourth-order valence-corrected chi connectivity index (χ4v) is 1.05. The zero-order valence-electron chi connectivity index (χ0n) is 5.62. The maximum atomic E-state index is 12.7. The van der Waals surface area contributed by atoms with Crippen LogP contribution in [0.25, 0.3) is 0 Å². The lowest BCUT2D eigenvalue weighted by atomic mass is 10.2. The molecule has 0 amide bonds.